The Morgan fingerprint density at radius 1 is 0.556 bits per heavy atom. The van der Waals surface area contributed by atoms with Crippen molar-refractivity contribution in [2.75, 3.05) is 33.5 Å². The standard InChI is InChI=1S/C41H37NO3/c1-41(2)37-12-8-7-11-33(37)34-19-15-31(26-38(34)41)40-27-35(29-9-5-4-6-10-29)36-25-30(16-20-39(36)42-40)28-13-17-32(18-14-28)45-24-23-44-22-21-43-3/h4-20,25-27H,21-24H2,1-3H3. The van der Waals surface area contributed by atoms with Crippen LogP contribution in [-0.4, -0.2) is 38.5 Å². The van der Waals surface area contributed by atoms with E-state index in [0.717, 1.165) is 39.0 Å². The summed E-state index contributed by atoms with van der Waals surface area (Å²) in [5.74, 6) is 0.826. The summed E-state index contributed by atoms with van der Waals surface area (Å²) in [4.78, 5) is 5.22. The lowest BCUT2D eigenvalue weighted by Gasteiger charge is -2.22. The molecule has 0 fully saturated rings. The van der Waals surface area contributed by atoms with Crippen molar-refractivity contribution in [3.05, 3.63) is 132 Å². The van der Waals surface area contributed by atoms with Crippen LogP contribution in [0.25, 0.3) is 55.5 Å². The molecule has 0 N–H and O–H groups in total. The molecule has 1 aliphatic rings. The van der Waals surface area contributed by atoms with Crippen LogP contribution in [0, 0.1) is 0 Å². The normalized spacial score (nSPS) is 13.0. The Bertz CT molecular complexity index is 1960. The van der Waals surface area contributed by atoms with Crippen LogP contribution in [0.15, 0.2) is 121 Å². The number of benzene rings is 5. The number of methoxy groups -OCH3 is 1. The van der Waals surface area contributed by atoms with Gasteiger partial charge in [-0.1, -0.05) is 98.8 Å². The zero-order valence-electron chi connectivity index (χ0n) is 26.0. The maximum Gasteiger partial charge on any atom is 0.119 e. The first-order valence-corrected chi connectivity index (χ1v) is 15.6. The van der Waals surface area contributed by atoms with Crippen molar-refractivity contribution in [3.63, 3.8) is 0 Å². The van der Waals surface area contributed by atoms with Crippen molar-refractivity contribution in [1.82, 2.24) is 4.98 Å². The summed E-state index contributed by atoms with van der Waals surface area (Å²) in [6.07, 6.45) is 0. The van der Waals surface area contributed by atoms with Gasteiger partial charge in [0.05, 0.1) is 31.0 Å². The van der Waals surface area contributed by atoms with Gasteiger partial charge in [-0.15, -0.1) is 0 Å². The average Bonchev–Trinajstić information content (AvgIpc) is 3.32. The van der Waals surface area contributed by atoms with Gasteiger partial charge in [0.25, 0.3) is 0 Å². The van der Waals surface area contributed by atoms with E-state index in [1.54, 1.807) is 7.11 Å². The Morgan fingerprint density at radius 2 is 1.27 bits per heavy atom. The molecule has 0 atom stereocenters. The summed E-state index contributed by atoms with van der Waals surface area (Å²) in [5, 5.41) is 1.13. The second-order valence-electron chi connectivity index (χ2n) is 12.1. The molecular weight excluding hydrogens is 554 g/mol. The summed E-state index contributed by atoms with van der Waals surface area (Å²) in [6, 6.07) is 43.3. The van der Waals surface area contributed by atoms with E-state index >= 15 is 0 Å². The lowest BCUT2D eigenvalue weighted by atomic mass is 9.82. The fourth-order valence-electron chi connectivity index (χ4n) is 6.48. The third-order valence-electron chi connectivity index (χ3n) is 8.89. The van der Waals surface area contributed by atoms with Gasteiger partial charge in [-0.2, -0.15) is 0 Å². The molecule has 1 aliphatic carbocycles. The van der Waals surface area contributed by atoms with Crippen molar-refractivity contribution < 1.29 is 14.2 Å². The van der Waals surface area contributed by atoms with Crippen molar-refractivity contribution >= 4 is 10.9 Å². The molecule has 0 saturated heterocycles. The van der Waals surface area contributed by atoms with Crippen molar-refractivity contribution in [2.45, 2.75) is 19.3 Å². The summed E-state index contributed by atoms with van der Waals surface area (Å²) in [7, 11) is 1.67. The molecule has 5 aromatic carbocycles. The van der Waals surface area contributed by atoms with Crippen LogP contribution in [0.5, 0.6) is 5.75 Å². The van der Waals surface area contributed by atoms with Crippen LogP contribution in [0.3, 0.4) is 0 Å². The highest BCUT2D eigenvalue weighted by Crippen LogP contribution is 2.49. The number of rotatable bonds is 10. The largest absolute Gasteiger partial charge is 0.491 e. The van der Waals surface area contributed by atoms with E-state index in [1.807, 2.05) is 12.1 Å². The highest BCUT2D eigenvalue weighted by molar-refractivity contribution is 5.99. The minimum atomic E-state index is -0.0611. The number of pyridine rings is 1. The molecule has 45 heavy (non-hydrogen) atoms. The average molecular weight is 592 g/mol. The van der Waals surface area contributed by atoms with E-state index in [1.165, 1.54) is 33.4 Å². The second kappa shape index (κ2) is 12.3. The Morgan fingerprint density at radius 3 is 2.09 bits per heavy atom. The van der Waals surface area contributed by atoms with Crippen LogP contribution >= 0.6 is 0 Å². The fourth-order valence-corrected chi connectivity index (χ4v) is 6.48. The van der Waals surface area contributed by atoms with Crippen LogP contribution < -0.4 is 4.74 Å². The van der Waals surface area contributed by atoms with E-state index in [-0.39, 0.29) is 5.41 Å². The van der Waals surface area contributed by atoms with Gasteiger partial charge in [-0.05, 0) is 80.9 Å². The lowest BCUT2D eigenvalue weighted by molar-refractivity contribution is 0.0544. The smallest absolute Gasteiger partial charge is 0.119 e. The van der Waals surface area contributed by atoms with E-state index in [9.17, 15) is 0 Å². The summed E-state index contributed by atoms with van der Waals surface area (Å²) in [6.45, 7) is 6.84. The van der Waals surface area contributed by atoms with Gasteiger partial charge in [-0.3, -0.25) is 0 Å². The monoisotopic (exact) mass is 591 g/mol. The highest BCUT2D eigenvalue weighted by atomic mass is 16.5. The molecule has 0 unspecified atom stereocenters. The first-order valence-electron chi connectivity index (χ1n) is 15.6. The molecule has 0 bridgehead atoms. The minimum absolute atomic E-state index is 0.0611. The number of nitrogens with zero attached hydrogens (tertiary/aromatic N) is 1. The first kappa shape index (κ1) is 29.0. The molecule has 0 amide bonds. The zero-order valence-corrected chi connectivity index (χ0v) is 26.0. The highest BCUT2D eigenvalue weighted by Gasteiger charge is 2.35. The van der Waals surface area contributed by atoms with E-state index < -0.39 is 0 Å². The molecule has 224 valence electrons. The minimum Gasteiger partial charge on any atom is -0.491 e. The molecule has 0 aliphatic heterocycles. The van der Waals surface area contributed by atoms with E-state index in [4.69, 9.17) is 19.2 Å². The van der Waals surface area contributed by atoms with Gasteiger partial charge in [0.1, 0.15) is 12.4 Å². The SMILES string of the molecule is COCCOCCOc1ccc(-c2ccc3nc(-c4ccc5c(c4)C(C)(C)c4ccccc4-5)cc(-c4ccccc4)c3c2)cc1. The Kier molecular flexibility index (Phi) is 7.93. The molecule has 1 heterocycles. The Balaban J connectivity index is 1.23. The summed E-state index contributed by atoms with van der Waals surface area (Å²) in [5.41, 5.74) is 13.0. The molecule has 4 heteroatoms. The van der Waals surface area contributed by atoms with E-state index in [2.05, 4.69) is 123 Å². The Labute approximate surface area is 265 Å². The fraction of sp³-hybridized carbons (Fsp3) is 0.195. The number of aromatic nitrogens is 1. The van der Waals surface area contributed by atoms with Gasteiger partial charge >= 0.3 is 0 Å². The van der Waals surface area contributed by atoms with Gasteiger partial charge < -0.3 is 14.2 Å². The van der Waals surface area contributed by atoms with Crippen LogP contribution in [0.2, 0.25) is 0 Å². The second-order valence-corrected chi connectivity index (χ2v) is 12.1. The molecule has 7 rings (SSSR count). The van der Waals surface area contributed by atoms with Crippen LogP contribution in [-0.2, 0) is 14.9 Å². The first-order chi connectivity index (χ1) is 22.0. The van der Waals surface area contributed by atoms with Crippen LogP contribution in [0.4, 0.5) is 0 Å². The number of ether oxygens (including phenoxy) is 3. The molecule has 0 radical (unpaired) electrons. The van der Waals surface area contributed by atoms with Gasteiger partial charge in [0.2, 0.25) is 0 Å². The maximum absolute atomic E-state index is 5.86. The van der Waals surface area contributed by atoms with Crippen molar-refractivity contribution in [1.29, 1.82) is 0 Å². The predicted octanol–water partition coefficient (Wildman–Crippen LogP) is 9.58. The quantitative estimate of drug-likeness (QED) is 0.149. The number of fused-ring (bicyclic) bond motifs is 4. The van der Waals surface area contributed by atoms with Gasteiger partial charge in [-0.25, -0.2) is 4.98 Å². The number of hydrogen-bond donors (Lipinski definition) is 0. The zero-order chi connectivity index (χ0) is 30.8. The summed E-state index contributed by atoms with van der Waals surface area (Å²) < 4.78 is 16.4. The third kappa shape index (κ3) is 5.64. The lowest BCUT2D eigenvalue weighted by Crippen LogP contribution is -2.14. The number of hydrogen-bond acceptors (Lipinski definition) is 4. The molecular formula is C41H37NO3. The van der Waals surface area contributed by atoms with Gasteiger partial charge in [0.15, 0.2) is 0 Å². The molecule has 6 aromatic rings. The molecule has 0 saturated carbocycles. The van der Waals surface area contributed by atoms with Crippen molar-refractivity contribution in [2.24, 2.45) is 0 Å². The van der Waals surface area contributed by atoms with Gasteiger partial charge in [0, 0.05) is 23.5 Å². The predicted molar refractivity (Wildman–Crippen MR) is 184 cm³/mol. The molecule has 1 aromatic heterocycles. The van der Waals surface area contributed by atoms with Crippen LogP contribution in [0.1, 0.15) is 25.0 Å². The summed E-state index contributed by atoms with van der Waals surface area (Å²) >= 11 is 0. The van der Waals surface area contributed by atoms with E-state index in [0.29, 0.717) is 26.4 Å². The molecule has 4 nitrogen and oxygen atoms in total. The maximum atomic E-state index is 5.86. The topological polar surface area (TPSA) is 40.6 Å². The Hall–Kier alpha value is -4.77. The van der Waals surface area contributed by atoms with Crippen molar-refractivity contribution in [3.8, 4) is 50.4 Å². The molecule has 0 spiro atoms. The third-order valence-corrected chi connectivity index (χ3v) is 8.89.